The number of nitrogens with zero attached hydrogens (tertiary/aromatic N) is 1. The van der Waals surface area contributed by atoms with Crippen LogP contribution in [0, 0.1) is 0 Å². The molecule has 0 aliphatic rings. The lowest BCUT2D eigenvalue weighted by atomic mass is 10.1. The summed E-state index contributed by atoms with van der Waals surface area (Å²) in [6.07, 6.45) is -5.72. The first kappa shape index (κ1) is 14.6. The van der Waals surface area contributed by atoms with Crippen molar-refractivity contribution in [3.63, 3.8) is 0 Å². The molecule has 2 heterocycles. The van der Waals surface area contributed by atoms with Crippen molar-refractivity contribution in [3.8, 4) is 0 Å². The second-order valence-electron chi connectivity index (χ2n) is 3.62. The van der Waals surface area contributed by atoms with E-state index in [2.05, 4.69) is 4.98 Å². The molecule has 0 bridgehead atoms. The minimum absolute atomic E-state index is 0.105. The second kappa shape index (κ2) is 5.28. The van der Waals surface area contributed by atoms with E-state index in [1.165, 1.54) is 0 Å². The molecule has 0 saturated carbocycles. The van der Waals surface area contributed by atoms with Gasteiger partial charge in [0.25, 0.3) is 0 Å². The van der Waals surface area contributed by atoms with Crippen molar-refractivity contribution in [2.75, 3.05) is 0 Å². The Balaban J connectivity index is 2.36. The number of aromatic nitrogens is 1. The van der Waals surface area contributed by atoms with Crippen molar-refractivity contribution in [1.82, 2.24) is 4.98 Å². The normalized spacial score (nSPS) is 13.6. The van der Waals surface area contributed by atoms with Gasteiger partial charge in [0.05, 0.1) is 4.34 Å². The Labute approximate surface area is 120 Å². The average Bonchev–Trinajstić information content (AvgIpc) is 2.73. The maximum absolute atomic E-state index is 12.4. The van der Waals surface area contributed by atoms with Crippen molar-refractivity contribution >= 4 is 34.5 Å². The molecule has 1 N–H and O–H groups in total. The lowest BCUT2D eigenvalue weighted by Gasteiger charge is -2.12. The number of halogens is 5. The zero-order chi connectivity index (χ0) is 14.2. The minimum atomic E-state index is -4.57. The van der Waals surface area contributed by atoms with Gasteiger partial charge in [-0.2, -0.15) is 13.2 Å². The van der Waals surface area contributed by atoms with E-state index in [1.54, 1.807) is 12.1 Å². The Kier molecular flexibility index (Phi) is 4.06. The summed E-state index contributed by atoms with van der Waals surface area (Å²) in [5.74, 6) is 0. The van der Waals surface area contributed by atoms with Crippen molar-refractivity contribution in [2.45, 2.75) is 12.3 Å². The maximum Gasteiger partial charge on any atom is 0.433 e. The molecule has 0 radical (unpaired) electrons. The van der Waals surface area contributed by atoms with Crippen LogP contribution >= 0.6 is 34.5 Å². The van der Waals surface area contributed by atoms with Crippen LogP contribution in [0.5, 0.6) is 0 Å². The predicted octanol–water partition coefficient (Wildman–Crippen LogP) is 4.55. The lowest BCUT2D eigenvalue weighted by molar-refractivity contribution is -0.141. The molecule has 2 rings (SSSR count). The molecule has 0 spiro atoms. The van der Waals surface area contributed by atoms with E-state index in [1.807, 2.05) is 0 Å². The zero-order valence-corrected chi connectivity index (χ0v) is 11.4. The molecule has 8 heteroatoms. The number of hydrogen-bond donors (Lipinski definition) is 1. The van der Waals surface area contributed by atoms with Crippen LogP contribution in [0.15, 0.2) is 24.3 Å². The fourth-order valence-corrected chi connectivity index (χ4v) is 2.76. The van der Waals surface area contributed by atoms with Crippen molar-refractivity contribution in [2.24, 2.45) is 0 Å². The summed E-state index contributed by atoms with van der Waals surface area (Å²) in [5, 5.41) is 9.64. The first-order valence-corrected chi connectivity index (χ1v) is 6.53. The molecule has 0 fully saturated rings. The highest BCUT2D eigenvalue weighted by Gasteiger charge is 2.33. The molecule has 0 aromatic carbocycles. The van der Waals surface area contributed by atoms with Crippen molar-refractivity contribution < 1.29 is 18.3 Å². The second-order valence-corrected chi connectivity index (χ2v) is 5.72. The Bertz CT molecular complexity index is 600. The molecular weight excluding hydrogens is 322 g/mol. The number of alkyl halides is 3. The SMILES string of the molecule is OC(c1ccc(Cl)s1)c1ccc(C(F)(F)F)nc1Cl. The predicted molar refractivity (Wildman–Crippen MR) is 67.6 cm³/mol. The highest BCUT2D eigenvalue weighted by atomic mass is 35.5. The average molecular weight is 328 g/mol. The van der Waals surface area contributed by atoms with Gasteiger partial charge in [0.15, 0.2) is 0 Å². The molecule has 19 heavy (non-hydrogen) atoms. The molecule has 2 nitrogen and oxygen atoms in total. The first-order chi connectivity index (χ1) is 8.79. The van der Waals surface area contributed by atoms with Gasteiger partial charge in [-0.1, -0.05) is 29.3 Å². The van der Waals surface area contributed by atoms with Crippen molar-refractivity contribution in [1.29, 1.82) is 0 Å². The van der Waals surface area contributed by atoms with E-state index in [0.717, 1.165) is 23.5 Å². The van der Waals surface area contributed by atoms with Gasteiger partial charge in [0.1, 0.15) is 17.0 Å². The van der Waals surface area contributed by atoms with Crippen LogP contribution in [0.25, 0.3) is 0 Å². The number of rotatable bonds is 2. The van der Waals surface area contributed by atoms with Gasteiger partial charge >= 0.3 is 6.18 Å². The van der Waals surface area contributed by atoms with Crippen LogP contribution in [-0.4, -0.2) is 10.1 Å². The quantitative estimate of drug-likeness (QED) is 0.821. The number of thiophene rings is 1. The minimum Gasteiger partial charge on any atom is -0.383 e. The largest absolute Gasteiger partial charge is 0.433 e. The van der Waals surface area contributed by atoms with E-state index in [4.69, 9.17) is 23.2 Å². The third-order valence-electron chi connectivity index (χ3n) is 2.33. The summed E-state index contributed by atoms with van der Waals surface area (Å²) in [7, 11) is 0. The number of aliphatic hydroxyl groups is 1. The summed E-state index contributed by atoms with van der Waals surface area (Å²) in [4.78, 5) is 3.73. The van der Waals surface area contributed by atoms with Crippen LogP contribution in [0.2, 0.25) is 9.49 Å². The Hall–Kier alpha value is -0.820. The van der Waals surface area contributed by atoms with E-state index < -0.39 is 18.0 Å². The topological polar surface area (TPSA) is 33.1 Å². The van der Waals surface area contributed by atoms with E-state index in [9.17, 15) is 18.3 Å². The van der Waals surface area contributed by atoms with Crippen LogP contribution in [0.3, 0.4) is 0 Å². The number of aliphatic hydroxyl groups excluding tert-OH is 1. The van der Waals surface area contributed by atoms with Gasteiger partial charge in [-0.3, -0.25) is 0 Å². The van der Waals surface area contributed by atoms with Crippen LogP contribution in [0.1, 0.15) is 22.2 Å². The third-order valence-corrected chi connectivity index (χ3v) is 3.91. The van der Waals surface area contributed by atoms with Gasteiger partial charge in [-0.15, -0.1) is 11.3 Å². The molecule has 0 aliphatic heterocycles. The van der Waals surface area contributed by atoms with Gasteiger partial charge in [-0.25, -0.2) is 4.98 Å². The Morgan fingerprint density at radius 1 is 1.16 bits per heavy atom. The summed E-state index contributed by atoms with van der Waals surface area (Å²) >= 11 is 12.5. The lowest BCUT2D eigenvalue weighted by Crippen LogP contribution is -2.09. The first-order valence-electron chi connectivity index (χ1n) is 4.96. The summed E-state index contributed by atoms with van der Waals surface area (Å²) in [5.41, 5.74) is -0.995. The zero-order valence-electron chi connectivity index (χ0n) is 9.08. The highest BCUT2D eigenvalue weighted by Crippen LogP contribution is 2.35. The van der Waals surface area contributed by atoms with Crippen LogP contribution in [0.4, 0.5) is 13.2 Å². The van der Waals surface area contributed by atoms with E-state index in [-0.39, 0.29) is 10.7 Å². The summed E-state index contributed by atoms with van der Waals surface area (Å²) < 4.78 is 37.7. The molecule has 0 aliphatic carbocycles. The van der Waals surface area contributed by atoms with Crippen molar-refractivity contribution in [3.05, 3.63) is 49.9 Å². The maximum atomic E-state index is 12.4. The van der Waals surface area contributed by atoms with Crippen LogP contribution < -0.4 is 0 Å². The molecule has 0 amide bonds. The Morgan fingerprint density at radius 3 is 2.32 bits per heavy atom. The molecule has 2 aromatic rings. The molecule has 102 valence electrons. The summed E-state index contributed by atoms with van der Waals surface area (Å²) in [6.45, 7) is 0. The molecule has 0 saturated heterocycles. The standard InChI is InChI=1S/C11H6Cl2F3NOS/c12-8-4-2-6(19-8)9(18)5-1-3-7(11(14,15)16)17-10(5)13/h1-4,9,18H. The summed E-state index contributed by atoms with van der Waals surface area (Å²) in [6, 6.07) is 5.04. The van der Waals surface area contributed by atoms with Gasteiger partial charge in [0, 0.05) is 10.4 Å². The monoisotopic (exact) mass is 327 g/mol. The molecule has 1 unspecified atom stereocenters. The van der Waals surface area contributed by atoms with Gasteiger partial charge in [-0.05, 0) is 18.2 Å². The van der Waals surface area contributed by atoms with Crippen LogP contribution in [-0.2, 0) is 6.18 Å². The fraction of sp³-hybridized carbons (Fsp3) is 0.182. The third kappa shape index (κ3) is 3.20. The van der Waals surface area contributed by atoms with Gasteiger partial charge in [0.2, 0.25) is 0 Å². The number of pyridine rings is 1. The van der Waals surface area contributed by atoms with Gasteiger partial charge < -0.3 is 5.11 Å². The van der Waals surface area contributed by atoms with E-state index in [0.29, 0.717) is 9.21 Å². The molecular formula is C11H6Cl2F3NOS. The molecule has 2 aromatic heterocycles. The van der Waals surface area contributed by atoms with E-state index >= 15 is 0 Å². The number of hydrogen-bond acceptors (Lipinski definition) is 3. The highest BCUT2D eigenvalue weighted by molar-refractivity contribution is 7.16. The molecule has 1 atom stereocenters. The Morgan fingerprint density at radius 2 is 1.84 bits per heavy atom. The fourth-order valence-electron chi connectivity index (χ4n) is 1.44. The smallest absolute Gasteiger partial charge is 0.383 e.